The number of rotatable bonds is 4. The molecule has 2 aromatic heterocycles. The van der Waals surface area contributed by atoms with Crippen LogP contribution in [0.15, 0.2) is 23.0 Å². The standard InChI is InChI=1S/C23H26ClN9O3/c1-11(28-18-13(8-25)17(26)30-21(27)31-18)19-29-15-7-5-6-14(24)16(15)20(34)33(19)12-9-32(10-12)22(35)36-23(2,3)4/h5-7,11-12H,9-10H2,1-4H3,(H5,26,27,28,30,31)/t11-/m0/s1. The van der Waals surface area contributed by atoms with Gasteiger partial charge < -0.3 is 26.4 Å². The molecule has 36 heavy (non-hydrogen) atoms. The highest BCUT2D eigenvalue weighted by Crippen LogP contribution is 2.30. The number of nitrogens with one attached hydrogen (secondary N) is 1. The van der Waals surface area contributed by atoms with Crippen molar-refractivity contribution < 1.29 is 9.53 Å². The quantitative estimate of drug-likeness (QED) is 0.471. The minimum atomic E-state index is -0.639. The Balaban J connectivity index is 1.75. The Kier molecular flexibility index (Phi) is 6.36. The van der Waals surface area contributed by atoms with Crippen molar-refractivity contribution >= 4 is 46.2 Å². The van der Waals surface area contributed by atoms with Crippen LogP contribution in [0.3, 0.4) is 0 Å². The molecule has 1 atom stereocenters. The normalized spacial score (nSPS) is 14.7. The third kappa shape index (κ3) is 4.70. The first-order chi connectivity index (χ1) is 16.9. The van der Waals surface area contributed by atoms with Crippen LogP contribution in [0.5, 0.6) is 0 Å². The average molecular weight is 512 g/mol. The van der Waals surface area contributed by atoms with Crippen molar-refractivity contribution in [3.63, 3.8) is 0 Å². The lowest BCUT2D eigenvalue weighted by Crippen LogP contribution is -2.54. The summed E-state index contributed by atoms with van der Waals surface area (Å²) >= 11 is 6.35. The van der Waals surface area contributed by atoms with E-state index in [2.05, 4.69) is 15.3 Å². The second kappa shape index (κ2) is 9.16. The van der Waals surface area contributed by atoms with E-state index in [0.717, 1.165) is 0 Å². The fourth-order valence-corrected chi connectivity index (χ4v) is 4.20. The zero-order chi connectivity index (χ0) is 26.4. The lowest BCUT2D eigenvalue weighted by Gasteiger charge is -2.41. The van der Waals surface area contributed by atoms with Gasteiger partial charge in [-0.15, -0.1) is 0 Å². The molecule has 13 heteroatoms. The summed E-state index contributed by atoms with van der Waals surface area (Å²) < 4.78 is 6.95. The number of likely N-dealkylation sites (tertiary alicyclic amines) is 1. The van der Waals surface area contributed by atoms with Gasteiger partial charge in [-0.2, -0.15) is 15.2 Å². The summed E-state index contributed by atoms with van der Waals surface area (Å²) in [4.78, 5) is 40.3. The van der Waals surface area contributed by atoms with Crippen LogP contribution in [0.25, 0.3) is 10.9 Å². The van der Waals surface area contributed by atoms with Gasteiger partial charge in [-0.05, 0) is 39.8 Å². The predicted molar refractivity (Wildman–Crippen MR) is 135 cm³/mol. The molecule has 1 amide bonds. The largest absolute Gasteiger partial charge is 0.444 e. The van der Waals surface area contributed by atoms with E-state index in [9.17, 15) is 14.9 Å². The van der Waals surface area contributed by atoms with Crippen molar-refractivity contribution in [2.45, 2.75) is 45.4 Å². The van der Waals surface area contributed by atoms with E-state index < -0.39 is 17.7 Å². The van der Waals surface area contributed by atoms with Gasteiger partial charge in [-0.1, -0.05) is 17.7 Å². The van der Waals surface area contributed by atoms with Crippen molar-refractivity contribution in [2.75, 3.05) is 29.9 Å². The SMILES string of the molecule is C[C@H](Nc1nc(N)nc(N)c1C#N)c1nc2cccc(Cl)c2c(=O)n1C1CN(C(=O)OC(C)(C)C)C1. The summed E-state index contributed by atoms with van der Waals surface area (Å²) in [5.41, 5.74) is 11.0. The summed E-state index contributed by atoms with van der Waals surface area (Å²) in [5.74, 6) is 0.306. The molecule has 1 aromatic carbocycles. The number of nitriles is 1. The zero-order valence-corrected chi connectivity index (χ0v) is 21.0. The third-order valence-corrected chi connectivity index (χ3v) is 5.91. The third-order valence-electron chi connectivity index (χ3n) is 5.59. The lowest BCUT2D eigenvalue weighted by atomic mass is 10.1. The molecule has 12 nitrogen and oxygen atoms in total. The molecular weight excluding hydrogens is 486 g/mol. The molecule has 4 rings (SSSR count). The highest BCUT2D eigenvalue weighted by atomic mass is 35.5. The summed E-state index contributed by atoms with van der Waals surface area (Å²) in [7, 11) is 0. The minimum absolute atomic E-state index is 0.0218. The summed E-state index contributed by atoms with van der Waals surface area (Å²) in [6.07, 6.45) is -0.461. The van der Waals surface area contributed by atoms with Gasteiger partial charge in [0.05, 0.1) is 28.0 Å². The molecule has 0 saturated carbocycles. The van der Waals surface area contributed by atoms with Gasteiger partial charge in [0.1, 0.15) is 28.9 Å². The van der Waals surface area contributed by atoms with Gasteiger partial charge in [-0.3, -0.25) is 9.36 Å². The number of amides is 1. The van der Waals surface area contributed by atoms with E-state index in [0.29, 0.717) is 11.3 Å². The number of hydrogen-bond acceptors (Lipinski definition) is 10. The number of anilines is 3. The average Bonchev–Trinajstić information content (AvgIpc) is 2.72. The highest BCUT2D eigenvalue weighted by molar-refractivity contribution is 6.35. The van der Waals surface area contributed by atoms with Crippen molar-refractivity contribution in [1.82, 2.24) is 24.4 Å². The fraction of sp³-hybridized carbons (Fsp3) is 0.391. The van der Waals surface area contributed by atoms with Gasteiger partial charge >= 0.3 is 6.09 Å². The van der Waals surface area contributed by atoms with Gasteiger partial charge in [0.2, 0.25) is 5.95 Å². The van der Waals surface area contributed by atoms with Crippen molar-refractivity contribution in [3.8, 4) is 6.07 Å². The Morgan fingerprint density at radius 3 is 2.61 bits per heavy atom. The molecule has 1 aliphatic heterocycles. The first-order valence-electron chi connectivity index (χ1n) is 11.2. The second-order valence-corrected chi connectivity index (χ2v) is 9.89. The number of nitrogens with two attached hydrogens (primary N) is 2. The number of nitrogen functional groups attached to an aromatic ring is 2. The maximum Gasteiger partial charge on any atom is 0.410 e. The Labute approximate surface area is 211 Å². The topological polar surface area (TPSA) is 178 Å². The number of benzene rings is 1. The van der Waals surface area contributed by atoms with Crippen LogP contribution in [0.1, 0.15) is 51.2 Å². The van der Waals surface area contributed by atoms with Gasteiger partial charge in [0.25, 0.3) is 5.56 Å². The van der Waals surface area contributed by atoms with E-state index in [1.165, 1.54) is 9.47 Å². The first-order valence-corrected chi connectivity index (χ1v) is 11.6. The molecule has 0 unspecified atom stereocenters. The van der Waals surface area contributed by atoms with Gasteiger partial charge in [-0.25, -0.2) is 9.78 Å². The maximum absolute atomic E-state index is 13.7. The number of halogens is 1. The van der Waals surface area contributed by atoms with Crippen LogP contribution in [-0.2, 0) is 4.74 Å². The van der Waals surface area contributed by atoms with Crippen LogP contribution in [0, 0.1) is 11.3 Å². The van der Waals surface area contributed by atoms with E-state index in [1.807, 2.05) is 6.07 Å². The number of carbonyl (C=O) groups is 1. The number of aromatic nitrogens is 4. The van der Waals surface area contributed by atoms with Gasteiger partial charge in [0, 0.05) is 13.1 Å². The zero-order valence-electron chi connectivity index (χ0n) is 20.2. The Bertz CT molecular complexity index is 1450. The molecular formula is C23H26ClN9O3. The summed E-state index contributed by atoms with van der Waals surface area (Å²) in [6, 6.07) is 6.00. The number of fused-ring (bicyclic) bond motifs is 1. The number of ether oxygens (including phenoxy) is 1. The number of carbonyl (C=O) groups excluding carboxylic acids is 1. The highest BCUT2D eigenvalue weighted by Gasteiger charge is 2.37. The fourth-order valence-electron chi connectivity index (χ4n) is 3.95. The van der Waals surface area contributed by atoms with Crippen molar-refractivity contribution in [3.05, 3.63) is 45.0 Å². The molecule has 1 aliphatic rings. The Morgan fingerprint density at radius 2 is 1.97 bits per heavy atom. The van der Waals surface area contributed by atoms with Crippen molar-refractivity contribution in [2.24, 2.45) is 0 Å². The molecule has 188 valence electrons. The molecule has 0 spiro atoms. The molecule has 0 radical (unpaired) electrons. The second-order valence-electron chi connectivity index (χ2n) is 9.49. The number of nitrogens with zero attached hydrogens (tertiary/aromatic N) is 6. The summed E-state index contributed by atoms with van der Waals surface area (Å²) in [6.45, 7) is 7.63. The summed E-state index contributed by atoms with van der Waals surface area (Å²) in [5, 5.41) is 13.1. The van der Waals surface area contributed by atoms with Crippen LogP contribution in [0.2, 0.25) is 5.02 Å². The molecule has 1 fully saturated rings. The van der Waals surface area contributed by atoms with Crippen LogP contribution < -0.4 is 22.3 Å². The minimum Gasteiger partial charge on any atom is -0.444 e. The monoisotopic (exact) mass is 511 g/mol. The van der Waals surface area contributed by atoms with E-state index in [-0.39, 0.29) is 58.2 Å². The lowest BCUT2D eigenvalue weighted by molar-refractivity contribution is 0.000169. The molecule has 3 aromatic rings. The van der Waals surface area contributed by atoms with E-state index in [1.54, 1.807) is 45.9 Å². The van der Waals surface area contributed by atoms with Crippen LogP contribution in [-0.4, -0.2) is 49.2 Å². The Morgan fingerprint density at radius 1 is 1.28 bits per heavy atom. The van der Waals surface area contributed by atoms with Crippen molar-refractivity contribution in [1.29, 1.82) is 5.26 Å². The maximum atomic E-state index is 13.7. The van der Waals surface area contributed by atoms with E-state index >= 15 is 0 Å². The molecule has 5 N–H and O–H groups in total. The van der Waals surface area contributed by atoms with E-state index in [4.69, 9.17) is 32.8 Å². The van der Waals surface area contributed by atoms with Crippen LogP contribution in [0.4, 0.5) is 22.4 Å². The van der Waals surface area contributed by atoms with Crippen LogP contribution >= 0.6 is 11.6 Å². The molecule has 0 bridgehead atoms. The molecule has 3 heterocycles. The molecule has 1 saturated heterocycles. The predicted octanol–water partition coefficient (Wildman–Crippen LogP) is 2.84. The first kappa shape index (κ1) is 25.0. The molecule has 0 aliphatic carbocycles. The number of hydrogen-bond donors (Lipinski definition) is 3. The smallest absolute Gasteiger partial charge is 0.410 e. The van der Waals surface area contributed by atoms with Gasteiger partial charge in [0.15, 0.2) is 5.82 Å². The Hall–Kier alpha value is -4.11.